The summed E-state index contributed by atoms with van der Waals surface area (Å²) in [5.74, 6) is -0.156. The van der Waals surface area contributed by atoms with Gasteiger partial charge < -0.3 is 15.5 Å². The van der Waals surface area contributed by atoms with Crippen LogP contribution in [0.2, 0.25) is 0 Å². The first-order valence-corrected chi connectivity index (χ1v) is 10.8. The Kier molecular flexibility index (Phi) is 6.33. The number of hydrogen-bond donors (Lipinski definition) is 2. The van der Waals surface area contributed by atoms with Crippen LogP contribution in [0.1, 0.15) is 18.4 Å². The second-order valence-corrected chi connectivity index (χ2v) is 7.93. The number of nitrogens with one attached hydrogen (secondary N) is 2. The Bertz CT molecular complexity index is 950. The first-order valence-electron chi connectivity index (χ1n) is 9.88. The number of urea groups is 1. The Balaban J connectivity index is 1.17. The molecule has 1 saturated heterocycles. The Hall–Kier alpha value is -3.27. The molecule has 0 bridgehead atoms. The molecule has 9 nitrogen and oxygen atoms in total. The van der Waals surface area contributed by atoms with Crippen molar-refractivity contribution < 1.29 is 9.59 Å². The highest BCUT2D eigenvalue weighted by Crippen LogP contribution is 2.20. The van der Waals surface area contributed by atoms with Gasteiger partial charge in [-0.15, -0.1) is 10.2 Å². The zero-order valence-corrected chi connectivity index (χ0v) is 17.2. The quantitative estimate of drug-likeness (QED) is 0.631. The number of carbonyl (C=O) groups excluding carboxylic acids is 2. The number of likely N-dealkylation sites (tertiary alicyclic amines) is 1. The van der Waals surface area contributed by atoms with Gasteiger partial charge in [0.15, 0.2) is 0 Å². The van der Waals surface area contributed by atoms with Crippen molar-refractivity contribution >= 4 is 28.4 Å². The maximum absolute atomic E-state index is 12.4. The molecule has 4 rings (SSSR count). The van der Waals surface area contributed by atoms with E-state index in [-0.39, 0.29) is 17.9 Å². The van der Waals surface area contributed by atoms with Gasteiger partial charge in [-0.1, -0.05) is 23.5 Å². The minimum atomic E-state index is -0.105. The molecule has 1 aliphatic rings. The molecule has 0 atom stereocenters. The van der Waals surface area contributed by atoms with Crippen LogP contribution < -0.4 is 10.6 Å². The highest BCUT2D eigenvalue weighted by Gasteiger charge is 2.27. The highest BCUT2D eigenvalue weighted by atomic mass is 32.1. The molecule has 0 spiro atoms. The van der Waals surface area contributed by atoms with Crippen molar-refractivity contribution in [1.29, 1.82) is 0 Å². The van der Waals surface area contributed by atoms with Crippen molar-refractivity contribution in [3.63, 3.8) is 0 Å². The summed E-state index contributed by atoms with van der Waals surface area (Å²) in [6.45, 7) is 1.70. The number of anilines is 1. The largest absolute Gasteiger partial charge is 0.338 e. The first kappa shape index (κ1) is 20.0. The zero-order valence-electron chi connectivity index (χ0n) is 16.4. The van der Waals surface area contributed by atoms with Gasteiger partial charge in [-0.2, -0.15) is 5.10 Å². The molecule has 3 heterocycles. The molecule has 0 unspecified atom stereocenters. The van der Waals surface area contributed by atoms with Gasteiger partial charge in [-0.25, -0.2) is 9.48 Å². The summed E-state index contributed by atoms with van der Waals surface area (Å²) in [6.07, 6.45) is 5.70. The van der Waals surface area contributed by atoms with Crippen LogP contribution >= 0.6 is 11.3 Å². The van der Waals surface area contributed by atoms with Crippen LogP contribution in [0.15, 0.2) is 48.2 Å². The molecule has 2 N–H and O–H groups in total. The van der Waals surface area contributed by atoms with E-state index in [4.69, 9.17) is 0 Å². The summed E-state index contributed by atoms with van der Waals surface area (Å²) in [4.78, 5) is 26.5. The number of nitrogens with zero attached hydrogens (tertiary/aromatic N) is 5. The summed E-state index contributed by atoms with van der Waals surface area (Å²) in [5, 5.41) is 18.0. The fourth-order valence-electron chi connectivity index (χ4n) is 3.44. The number of piperidine rings is 1. The molecular weight excluding hydrogens is 402 g/mol. The molecule has 0 saturated carbocycles. The molecule has 10 heteroatoms. The van der Waals surface area contributed by atoms with E-state index in [1.807, 2.05) is 41.2 Å². The molecule has 156 valence electrons. The van der Waals surface area contributed by atoms with Gasteiger partial charge in [-0.05, 0) is 43.0 Å². The molecular formula is C20H23N7O2S. The molecule has 1 aliphatic heterocycles. The third-order valence-electron chi connectivity index (χ3n) is 5.14. The monoisotopic (exact) mass is 425 g/mol. The van der Waals surface area contributed by atoms with Crippen LogP contribution in [0.3, 0.4) is 0 Å². The van der Waals surface area contributed by atoms with Gasteiger partial charge in [0.25, 0.3) is 0 Å². The summed E-state index contributed by atoms with van der Waals surface area (Å²) in [6, 6.07) is 9.93. The number of carbonyl (C=O) groups is 2. The number of aromatic nitrogens is 4. The Morgan fingerprint density at radius 2 is 1.97 bits per heavy atom. The molecule has 3 amide bonds. The third-order valence-corrected chi connectivity index (χ3v) is 5.74. The standard InChI is InChI=1S/C20H23N7O2S/c28-18(24-19-25-22-14-30-19)16-7-12-26(13-8-16)20(29)21-10-6-15-2-4-17(5-3-15)27-11-1-9-23-27/h1-5,9,11,14,16H,6-8,10,12-13H2,(H,21,29)(H,24,25,28). The van der Waals surface area contributed by atoms with Crippen LogP contribution in [-0.4, -0.2) is 56.5 Å². The second-order valence-electron chi connectivity index (χ2n) is 7.09. The van der Waals surface area contributed by atoms with E-state index in [1.165, 1.54) is 11.3 Å². The minimum Gasteiger partial charge on any atom is -0.338 e. The smallest absolute Gasteiger partial charge is 0.317 e. The van der Waals surface area contributed by atoms with Crippen molar-refractivity contribution in [3.05, 3.63) is 53.8 Å². The normalized spacial score (nSPS) is 14.5. The van der Waals surface area contributed by atoms with E-state index < -0.39 is 0 Å². The lowest BCUT2D eigenvalue weighted by Crippen LogP contribution is -2.46. The molecule has 1 aromatic carbocycles. The van der Waals surface area contributed by atoms with E-state index in [1.54, 1.807) is 16.6 Å². The third kappa shape index (κ3) is 5.01. The Morgan fingerprint density at radius 1 is 1.17 bits per heavy atom. The number of hydrogen-bond acceptors (Lipinski definition) is 6. The number of rotatable bonds is 6. The van der Waals surface area contributed by atoms with Gasteiger partial charge in [0.2, 0.25) is 11.0 Å². The predicted octanol–water partition coefficient (Wildman–Crippen LogP) is 2.33. The van der Waals surface area contributed by atoms with E-state index in [0.29, 0.717) is 37.6 Å². The zero-order chi connectivity index (χ0) is 20.8. The Morgan fingerprint density at radius 3 is 2.63 bits per heavy atom. The molecule has 2 aromatic heterocycles. The van der Waals surface area contributed by atoms with Crippen LogP contribution in [0, 0.1) is 5.92 Å². The molecule has 0 radical (unpaired) electrons. The minimum absolute atomic E-state index is 0.0506. The highest BCUT2D eigenvalue weighted by molar-refractivity contribution is 7.13. The fourth-order valence-corrected chi connectivity index (χ4v) is 3.89. The van der Waals surface area contributed by atoms with Gasteiger partial charge in [0, 0.05) is 37.9 Å². The maximum Gasteiger partial charge on any atom is 0.317 e. The molecule has 0 aliphatic carbocycles. The summed E-state index contributed by atoms with van der Waals surface area (Å²) in [5.41, 5.74) is 3.74. The van der Waals surface area contributed by atoms with Gasteiger partial charge in [0.05, 0.1) is 5.69 Å². The topological polar surface area (TPSA) is 105 Å². The lowest BCUT2D eigenvalue weighted by molar-refractivity contribution is -0.121. The van der Waals surface area contributed by atoms with Crippen molar-refractivity contribution in [1.82, 2.24) is 30.2 Å². The Labute approximate surface area is 178 Å². The average molecular weight is 426 g/mol. The van der Waals surface area contributed by atoms with Crippen molar-refractivity contribution in [2.45, 2.75) is 19.3 Å². The lowest BCUT2D eigenvalue weighted by atomic mass is 9.96. The van der Waals surface area contributed by atoms with E-state index in [2.05, 4.69) is 25.9 Å². The van der Waals surface area contributed by atoms with Crippen LogP contribution in [0.25, 0.3) is 5.69 Å². The predicted molar refractivity (Wildman–Crippen MR) is 114 cm³/mol. The summed E-state index contributed by atoms with van der Waals surface area (Å²) >= 11 is 1.29. The van der Waals surface area contributed by atoms with Crippen LogP contribution in [0.5, 0.6) is 0 Å². The second kappa shape index (κ2) is 9.49. The first-order chi connectivity index (χ1) is 14.7. The number of amides is 3. The van der Waals surface area contributed by atoms with Crippen LogP contribution in [-0.2, 0) is 11.2 Å². The average Bonchev–Trinajstić information content (AvgIpc) is 3.49. The van der Waals surface area contributed by atoms with Crippen LogP contribution in [0.4, 0.5) is 9.93 Å². The number of benzene rings is 1. The molecule has 30 heavy (non-hydrogen) atoms. The van der Waals surface area contributed by atoms with E-state index in [9.17, 15) is 9.59 Å². The van der Waals surface area contributed by atoms with Gasteiger partial charge >= 0.3 is 6.03 Å². The lowest BCUT2D eigenvalue weighted by Gasteiger charge is -2.31. The van der Waals surface area contributed by atoms with Crippen molar-refractivity contribution in [2.75, 3.05) is 25.0 Å². The van der Waals surface area contributed by atoms with Crippen molar-refractivity contribution in [2.24, 2.45) is 5.92 Å². The summed E-state index contributed by atoms with van der Waals surface area (Å²) in [7, 11) is 0. The van der Waals surface area contributed by atoms with Gasteiger partial charge in [-0.3, -0.25) is 4.79 Å². The fraction of sp³-hybridized carbons (Fsp3) is 0.350. The van der Waals surface area contributed by atoms with E-state index in [0.717, 1.165) is 17.7 Å². The summed E-state index contributed by atoms with van der Waals surface area (Å²) < 4.78 is 1.81. The SMILES string of the molecule is O=C(Nc1nncs1)C1CCN(C(=O)NCCc2ccc(-n3cccn3)cc2)CC1. The maximum atomic E-state index is 12.4. The molecule has 3 aromatic rings. The van der Waals surface area contributed by atoms with Gasteiger partial charge in [0.1, 0.15) is 5.51 Å². The molecule has 1 fully saturated rings. The van der Waals surface area contributed by atoms with E-state index >= 15 is 0 Å². The van der Waals surface area contributed by atoms with Crippen molar-refractivity contribution in [3.8, 4) is 5.69 Å².